The molecule has 25 heavy (non-hydrogen) atoms. The number of hydrogen-bond acceptors (Lipinski definition) is 5. The van der Waals surface area contributed by atoms with E-state index in [0.29, 0.717) is 31.4 Å². The lowest BCUT2D eigenvalue weighted by Gasteiger charge is -2.36. The van der Waals surface area contributed by atoms with Crippen LogP contribution in [0.4, 0.5) is 4.79 Å². The Morgan fingerprint density at radius 1 is 1.40 bits per heavy atom. The van der Waals surface area contributed by atoms with Gasteiger partial charge >= 0.3 is 6.03 Å². The lowest BCUT2D eigenvalue weighted by molar-refractivity contribution is -0.0318. The Morgan fingerprint density at radius 3 is 3.00 bits per heavy atom. The van der Waals surface area contributed by atoms with Crippen molar-refractivity contribution >= 4 is 6.03 Å². The van der Waals surface area contributed by atoms with Gasteiger partial charge in [-0.3, -0.25) is 5.10 Å². The third-order valence-electron chi connectivity index (χ3n) is 3.96. The maximum Gasteiger partial charge on any atom is 0.318 e. The number of ether oxygens (including phenoxy) is 2. The molecule has 3 rings (SSSR count). The van der Waals surface area contributed by atoms with Crippen molar-refractivity contribution < 1.29 is 14.3 Å². The molecule has 0 radical (unpaired) electrons. The number of rotatable bonds is 5. The van der Waals surface area contributed by atoms with Crippen molar-refractivity contribution in [3.05, 3.63) is 42.0 Å². The first-order valence-corrected chi connectivity index (χ1v) is 8.36. The van der Waals surface area contributed by atoms with Crippen molar-refractivity contribution in [3.8, 4) is 5.75 Å². The maximum atomic E-state index is 12.3. The van der Waals surface area contributed by atoms with Gasteiger partial charge in [0.15, 0.2) is 11.6 Å². The number of nitrogens with zero attached hydrogens (tertiary/aromatic N) is 3. The van der Waals surface area contributed by atoms with E-state index in [2.05, 4.69) is 20.5 Å². The predicted molar refractivity (Wildman–Crippen MR) is 91.0 cm³/mol. The second kappa shape index (κ2) is 7.98. The van der Waals surface area contributed by atoms with Gasteiger partial charge in [0.1, 0.15) is 12.4 Å². The Bertz CT molecular complexity index is 691. The maximum absolute atomic E-state index is 12.3. The highest BCUT2D eigenvalue weighted by Crippen LogP contribution is 2.12. The van der Waals surface area contributed by atoms with Crippen LogP contribution in [0.3, 0.4) is 0 Å². The van der Waals surface area contributed by atoms with Crippen LogP contribution in [-0.2, 0) is 17.9 Å². The zero-order chi connectivity index (χ0) is 17.6. The third kappa shape index (κ3) is 4.69. The molecule has 1 aliphatic rings. The molecule has 2 atom stereocenters. The van der Waals surface area contributed by atoms with Gasteiger partial charge in [0.05, 0.1) is 25.3 Å². The molecule has 0 bridgehead atoms. The van der Waals surface area contributed by atoms with E-state index >= 15 is 0 Å². The number of aromatic nitrogens is 3. The van der Waals surface area contributed by atoms with E-state index in [9.17, 15) is 4.79 Å². The molecule has 0 saturated carbocycles. The first kappa shape index (κ1) is 17.2. The standard InChI is InChI=1S/C17H23N5O3/c1-12-10-24-13(2)9-22(12)17(23)18-8-15-19-16(21-20-15)11-25-14-6-4-3-5-7-14/h3-7,12-13H,8-11H2,1-2H3,(H,18,23)(H,19,20,21)/t12-,13-/m0/s1. The van der Waals surface area contributed by atoms with Gasteiger partial charge in [-0.15, -0.1) is 0 Å². The fourth-order valence-corrected chi connectivity index (χ4v) is 2.59. The van der Waals surface area contributed by atoms with E-state index in [4.69, 9.17) is 9.47 Å². The Morgan fingerprint density at radius 2 is 2.20 bits per heavy atom. The van der Waals surface area contributed by atoms with Gasteiger partial charge in [-0.1, -0.05) is 18.2 Å². The molecule has 8 heteroatoms. The molecule has 1 aromatic carbocycles. The summed E-state index contributed by atoms with van der Waals surface area (Å²) in [4.78, 5) is 18.4. The fraction of sp³-hybridized carbons (Fsp3) is 0.471. The molecule has 2 heterocycles. The molecule has 134 valence electrons. The number of morpholine rings is 1. The quantitative estimate of drug-likeness (QED) is 0.860. The Labute approximate surface area is 146 Å². The molecule has 0 aliphatic carbocycles. The third-order valence-corrected chi connectivity index (χ3v) is 3.96. The number of aromatic amines is 1. The Kier molecular flexibility index (Phi) is 5.49. The lowest BCUT2D eigenvalue weighted by Crippen LogP contribution is -2.53. The predicted octanol–water partition coefficient (Wildman–Crippen LogP) is 1.70. The molecule has 2 N–H and O–H groups in total. The highest BCUT2D eigenvalue weighted by Gasteiger charge is 2.27. The van der Waals surface area contributed by atoms with Gasteiger partial charge in [-0.25, -0.2) is 9.78 Å². The summed E-state index contributed by atoms with van der Waals surface area (Å²) in [6.07, 6.45) is 0.0483. The summed E-state index contributed by atoms with van der Waals surface area (Å²) in [7, 11) is 0. The van der Waals surface area contributed by atoms with E-state index in [1.165, 1.54) is 0 Å². The first-order valence-electron chi connectivity index (χ1n) is 8.36. The van der Waals surface area contributed by atoms with Gasteiger partial charge in [0, 0.05) is 6.54 Å². The number of urea groups is 1. The van der Waals surface area contributed by atoms with Gasteiger partial charge in [-0.2, -0.15) is 5.10 Å². The summed E-state index contributed by atoms with van der Waals surface area (Å²) in [6, 6.07) is 9.42. The van der Waals surface area contributed by atoms with Crippen LogP contribution in [0.5, 0.6) is 5.75 Å². The van der Waals surface area contributed by atoms with Crippen LogP contribution in [0, 0.1) is 0 Å². The lowest BCUT2D eigenvalue weighted by atomic mass is 10.2. The normalized spacial score (nSPS) is 20.3. The molecule has 1 saturated heterocycles. The van der Waals surface area contributed by atoms with E-state index in [0.717, 1.165) is 5.75 Å². The molecule has 1 aromatic heterocycles. The zero-order valence-corrected chi connectivity index (χ0v) is 14.4. The average molecular weight is 345 g/mol. The average Bonchev–Trinajstić information content (AvgIpc) is 3.09. The van der Waals surface area contributed by atoms with Crippen LogP contribution in [0.2, 0.25) is 0 Å². The summed E-state index contributed by atoms with van der Waals surface area (Å²) in [5.41, 5.74) is 0. The fourth-order valence-electron chi connectivity index (χ4n) is 2.59. The van der Waals surface area contributed by atoms with E-state index in [-0.39, 0.29) is 24.7 Å². The van der Waals surface area contributed by atoms with Gasteiger partial charge in [0.2, 0.25) is 0 Å². The number of benzene rings is 1. The molecule has 2 aromatic rings. The Hall–Kier alpha value is -2.61. The highest BCUT2D eigenvalue weighted by atomic mass is 16.5. The number of carbonyl (C=O) groups excluding carboxylic acids is 1. The van der Waals surface area contributed by atoms with Crippen LogP contribution in [0.15, 0.2) is 30.3 Å². The van der Waals surface area contributed by atoms with Gasteiger partial charge in [0.25, 0.3) is 0 Å². The molecule has 0 spiro atoms. The summed E-state index contributed by atoms with van der Waals surface area (Å²) in [5, 5.41) is 9.78. The van der Waals surface area contributed by atoms with Crippen LogP contribution >= 0.6 is 0 Å². The molecule has 1 fully saturated rings. The molecular formula is C17H23N5O3. The van der Waals surface area contributed by atoms with Gasteiger partial charge < -0.3 is 19.7 Å². The molecule has 0 unspecified atom stereocenters. The van der Waals surface area contributed by atoms with Gasteiger partial charge in [-0.05, 0) is 26.0 Å². The van der Waals surface area contributed by atoms with Crippen molar-refractivity contribution in [2.24, 2.45) is 0 Å². The topological polar surface area (TPSA) is 92.4 Å². The second-order valence-corrected chi connectivity index (χ2v) is 6.10. The first-order chi connectivity index (χ1) is 12.1. The number of amides is 2. The van der Waals surface area contributed by atoms with Crippen LogP contribution in [0.25, 0.3) is 0 Å². The Balaban J connectivity index is 1.47. The van der Waals surface area contributed by atoms with Crippen LogP contribution in [0.1, 0.15) is 25.5 Å². The zero-order valence-electron chi connectivity index (χ0n) is 14.4. The highest BCUT2D eigenvalue weighted by molar-refractivity contribution is 5.74. The molecule has 8 nitrogen and oxygen atoms in total. The van der Waals surface area contributed by atoms with E-state index < -0.39 is 0 Å². The minimum absolute atomic E-state index is 0.0483. The van der Waals surface area contributed by atoms with Crippen molar-refractivity contribution in [2.45, 2.75) is 39.1 Å². The summed E-state index contributed by atoms with van der Waals surface area (Å²) in [6.45, 7) is 5.62. The smallest absolute Gasteiger partial charge is 0.318 e. The van der Waals surface area contributed by atoms with Crippen molar-refractivity contribution in [3.63, 3.8) is 0 Å². The van der Waals surface area contributed by atoms with Crippen LogP contribution in [-0.4, -0.2) is 51.4 Å². The largest absolute Gasteiger partial charge is 0.486 e. The number of hydrogen-bond donors (Lipinski definition) is 2. The number of H-pyrrole nitrogens is 1. The summed E-state index contributed by atoms with van der Waals surface area (Å²) in [5.74, 6) is 1.90. The molecule has 1 aliphatic heterocycles. The minimum Gasteiger partial charge on any atom is -0.486 e. The molecular weight excluding hydrogens is 322 g/mol. The summed E-state index contributed by atoms with van der Waals surface area (Å²) >= 11 is 0. The minimum atomic E-state index is -0.130. The second-order valence-electron chi connectivity index (χ2n) is 6.10. The number of nitrogens with one attached hydrogen (secondary N) is 2. The van der Waals surface area contributed by atoms with Crippen LogP contribution < -0.4 is 10.1 Å². The number of carbonyl (C=O) groups is 1. The van der Waals surface area contributed by atoms with Crippen molar-refractivity contribution in [2.75, 3.05) is 13.2 Å². The SMILES string of the molecule is C[C@H]1CN(C(=O)NCc2n[nH]c(COc3ccccc3)n2)[C@@H](C)CO1. The van der Waals surface area contributed by atoms with E-state index in [1.54, 1.807) is 4.90 Å². The van der Waals surface area contributed by atoms with Crippen molar-refractivity contribution in [1.82, 2.24) is 25.4 Å². The van der Waals surface area contributed by atoms with Crippen molar-refractivity contribution in [1.29, 1.82) is 0 Å². The molecule has 2 amide bonds. The number of para-hydroxylation sites is 1. The summed E-state index contributed by atoms with van der Waals surface area (Å²) < 4.78 is 11.1. The van der Waals surface area contributed by atoms with E-state index in [1.807, 2.05) is 44.2 Å². The monoisotopic (exact) mass is 345 g/mol.